The Kier molecular flexibility index (Phi) is 5.68. The lowest BCUT2D eigenvalue weighted by Crippen LogP contribution is -2.37. The van der Waals surface area contributed by atoms with Gasteiger partial charge in [-0.2, -0.15) is 0 Å². The molecule has 0 aromatic rings. The molecule has 96 valence electrons. The van der Waals surface area contributed by atoms with Gasteiger partial charge in [-0.05, 0) is 32.1 Å². The predicted octanol–water partition coefficient (Wildman–Crippen LogP) is 0.212. The van der Waals surface area contributed by atoms with Gasteiger partial charge >= 0.3 is 0 Å². The molecule has 0 saturated carbocycles. The van der Waals surface area contributed by atoms with Gasteiger partial charge in [0.15, 0.2) is 0 Å². The van der Waals surface area contributed by atoms with E-state index in [0.29, 0.717) is 12.5 Å². The molecule has 6 heteroatoms. The van der Waals surface area contributed by atoms with Crippen molar-refractivity contribution in [3.8, 4) is 0 Å². The van der Waals surface area contributed by atoms with E-state index in [2.05, 4.69) is 5.43 Å². The van der Waals surface area contributed by atoms with Gasteiger partial charge in [-0.15, -0.1) is 0 Å². The van der Waals surface area contributed by atoms with Crippen LogP contribution in [0.2, 0.25) is 0 Å². The molecule has 0 aromatic carbocycles. The maximum atomic E-state index is 11.0. The van der Waals surface area contributed by atoms with Crippen LogP contribution in [0.1, 0.15) is 32.1 Å². The van der Waals surface area contributed by atoms with E-state index in [1.54, 1.807) is 0 Å². The zero-order valence-electron chi connectivity index (χ0n) is 9.81. The van der Waals surface area contributed by atoms with Crippen LogP contribution in [0, 0.1) is 0 Å². The van der Waals surface area contributed by atoms with Gasteiger partial charge in [0, 0.05) is 24.7 Å². The molecule has 0 aliphatic carbocycles. The standard InChI is InChI=1S/C10H22N2O3S/c1-16(13,14)7-3-4-9(12-11)8-10-5-2-6-15-10/h9-10,12H,2-8,11H2,1H3. The maximum absolute atomic E-state index is 11.0. The number of nitrogens with one attached hydrogen (secondary N) is 1. The van der Waals surface area contributed by atoms with Gasteiger partial charge in [0.2, 0.25) is 0 Å². The Hall–Kier alpha value is -0.170. The average molecular weight is 250 g/mol. The Labute approximate surface area is 97.6 Å². The van der Waals surface area contributed by atoms with Gasteiger partial charge in [-0.25, -0.2) is 8.42 Å². The molecule has 1 saturated heterocycles. The lowest BCUT2D eigenvalue weighted by molar-refractivity contribution is 0.0935. The zero-order chi connectivity index (χ0) is 12.0. The van der Waals surface area contributed by atoms with Crippen molar-refractivity contribution in [1.29, 1.82) is 0 Å². The number of rotatable bonds is 7. The molecule has 0 amide bonds. The molecule has 1 aliphatic heterocycles. The topological polar surface area (TPSA) is 81.4 Å². The average Bonchev–Trinajstić information content (AvgIpc) is 2.67. The molecule has 1 heterocycles. The van der Waals surface area contributed by atoms with Crippen LogP contribution in [-0.4, -0.2) is 39.2 Å². The predicted molar refractivity (Wildman–Crippen MR) is 63.6 cm³/mol. The summed E-state index contributed by atoms with van der Waals surface area (Å²) in [5.41, 5.74) is 2.74. The molecule has 0 bridgehead atoms. The Morgan fingerprint density at radius 2 is 2.31 bits per heavy atom. The minimum atomic E-state index is -2.86. The second kappa shape index (κ2) is 6.54. The summed E-state index contributed by atoms with van der Waals surface area (Å²) >= 11 is 0. The summed E-state index contributed by atoms with van der Waals surface area (Å²) in [4.78, 5) is 0. The quantitative estimate of drug-likeness (QED) is 0.499. The molecule has 0 radical (unpaired) electrons. The van der Waals surface area contributed by atoms with Crippen molar-refractivity contribution in [2.75, 3.05) is 18.6 Å². The molecule has 0 aromatic heterocycles. The summed E-state index contributed by atoms with van der Waals surface area (Å²) in [6.07, 6.45) is 6.07. The van der Waals surface area contributed by atoms with Crippen molar-refractivity contribution in [2.24, 2.45) is 5.84 Å². The highest BCUT2D eigenvalue weighted by molar-refractivity contribution is 7.90. The highest BCUT2D eigenvalue weighted by atomic mass is 32.2. The second-order valence-corrected chi connectivity index (χ2v) is 6.77. The number of ether oxygens (including phenoxy) is 1. The van der Waals surface area contributed by atoms with Gasteiger partial charge in [-0.3, -0.25) is 11.3 Å². The van der Waals surface area contributed by atoms with Crippen molar-refractivity contribution in [1.82, 2.24) is 5.43 Å². The minimum absolute atomic E-state index is 0.157. The SMILES string of the molecule is CS(=O)(=O)CCCC(CC1CCCO1)NN. The first-order valence-electron chi connectivity index (χ1n) is 5.76. The zero-order valence-corrected chi connectivity index (χ0v) is 10.6. The molecule has 2 atom stereocenters. The van der Waals surface area contributed by atoms with Crippen LogP contribution in [0.5, 0.6) is 0 Å². The number of hydrogen-bond donors (Lipinski definition) is 2. The Balaban J connectivity index is 2.20. The smallest absolute Gasteiger partial charge is 0.147 e. The van der Waals surface area contributed by atoms with E-state index in [1.807, 2.05) is 0 Å². The van der Waals surface area contributed by atoms with Gasteiger partial charge in [-0.1, -0.05) is 0 Å². The summed E-state index contributed by atoms with van der Waals surface area (Å²) < 4.78 is 27.5. The van der Waals surface area contributed by atoms with E-state index in [0.717, 1.165) is 32.3 Å². The molecule has 1 aliphatic rings. The molecule has 0 spiro atoms. The van der Waals surface area contributed by atoms with Crippen LogP contribution >= 0.6 is 0 Å². The molecule has 1 rings (SSSR count). The first kappa shape index (κ1) is 13.9. The maximum Gasteiger partial charge on any atom is 0.147 e. The molecule has 3 N–H and O–H groups in total. The van der Waals surface area contributed by atoms with Crippen LogP contribution in [0.15, 0.2) is 0 Å². The van der Waals surface area contributed by atoms with Gasteiger partial charge < -0.3 is 4.74 Å². The summed E-state index contributed by atoms with van der Waals surface area (Å²) in [6.45, 7) is 0.839. The van der Waals surface area contributed by atoms with Crippen LogP contribution in [0.25, 0.3) is 0 Å². The molecule has 1 fully saturated rings. The summed E-state index contributed by atoms with van der Waals surface area (Å²) in [6, 6.07) is 0.157. The van der Waals surface area contributed by atoms with Crippen molar-refractivity contribution in [2.45, 2.75) is 44.2 Å². The van der Waals surface area contributed by atoms with Crippen LogP contribution in [-0.2, 0) is 14.6 Å². The van der Waals surface area contributed by atoms with Crippen LogP contribution in [0.3, 0.4) is 0 Å². The largest absolute Gasteiger partial charge is 0.378 e. The first-order valence-corrected chi connectivity index (χ1v) is 7.83. The molecule has 16 heavy (non-hydrogen) atoms. The van der Waals surface area contributed by atoms with Gasteiger partial charge in [0.05, 0.1) is 6.10 Å². The highest BCUT2D eigenvalue weighted by Crippen LogP contribution is 2.18. The van der Waals surface area contributed by atoms with Crippen molar-refractivity contribution in [3.63, 3.8) is 0 Å². The molecule has 5 nitrogen and oxygen atoms in total. The summed E-state index contributed by atoms with van der Waals surface area (Å²) in [5.74, 6) is 5.68. The monoisotopic (exact) mass is 250 g/mol. The highest BCUT2D eigenvalue weighted by Gasteiger charge is 2.20. The molecular weight excluding hydrogens is 228 g/mol. The van der Waals surface area contributed by atoms with Crippen molar-refractivity contribution in [3.05, 3.63) is 0 Å². The summed E-state index contributed by atoms with van der Waals surface area (Å²) in [7, 11) is -2.86. The van der Waals surface area contributed by atoms with Crippen LogP contribution in [0.4, 0.5) is 0 Å². The minimum Gasteiger partial charge on any atom is -0.378 e. The third kappa shape index (κ3) is 5.79. The Bertz CT molecular complexity index is 286. The number of sulfone groups is 1. The Morgan fingerprint density at radius 1 is 1.56 bits per heavy atom. The third-order valence-corrected chi connectivity index (χ3v) is 3.91. The summed E-state index contributed by atoms with van der Waals surface area (Å²) in [5, 5.41) is 0. The third-order valence-electron chi connectivity index (χ3n) is 2.87. The lowest BCUT2D eigenvalue weighted by atomic mass is 10.0. The number of hydrogen-bond acceptors (Lipinski definition) is 5. The van der Waals surface area contributed by atoms with Crippen molar-refractivity contribution < 1.29 is 13.2 Å². The van der Waals surface area contributed by atoms with E-state index in [9.17, 15) is 8.42 Å². The van der Waals surface area contributed by atoms with E-state index >= 15 is 0 Å². The molecule has 2 unspecified atom stereocenters. The molecular formula is C10H22N2O3S. The number of nitrogens with two attached hydrogens (primary N) is 1. The second-order valence-electron chi connectivity index (χ2n) is 4.51. The van der Waals surface area contributed by atoms with E-state index in [4.69, 9.17) is 10.6 Å². The number of hydrazine groups is 1. The normalized spacial score (nSPS) is 23.5. The van der Waals surface area contributed by atoms with E-state index in [-0.39, 0.29) is 11.8 Å². The fourth-order valence-corrected chi connectivity index (χ4v) is 2.70. The van der Waals surface area contributed by atoms with E-state index in [1.165, 1.54) is 6.26 Å². The van der Waals surface area contributed by atoms with Crippen molar-refractivity contribution >= 4 is 9.84 Å². The van der Waals surface area contributed by atoms with Gasteiger partial charge in [0.25, 0.3) is 0 Å². The Morgan fingerprint density at radius 3 is 2.81 bits per heavy atom. The van der Waals surface area contributed by atoms with E-state index < -0.39 is 9.84 Å². The van der Waals surface area contributed by atoms with Gasteiger partial charge in [0.1, 0.15) is 9.84 Å². The fourth-order valence-electron chi connectivity index (χ4n) is 2.01. The fraction of sp³-hybridized carbons (Fsp3) is 1.00. The lowest BCUT2D eigenvalue weighted by Gasteiger charge is -2.19. The first-order chi connectivity index (χ1) is 7.51. The van der Waals surface area contributed by atoms with Crippen LogP contribution < -0.4 is 11.3 Å².